The number of ether oxygens (including phenoxy) is 2. The zero-order valence-corrected chi connectivity index (χ0v) is 17.7. The lowest BCUT2D eigenvalue weighted by molar-refractivity contribution is 0.0299. The summed E-state index contributed by atoms with van der Waals surface area (Å²) < 4.78 is 11.9. The van der Waals surface area contributed by atoms with Crippen LogP contribution in [-0.2, 0) is 11.3 Å². The van der Waals surface area contributed by atoms with Gasteiger partial charge in [0.05, 0.1) is 0 Å². The SMILES string of the molecule is CN(CCNC(=O)c1c(OCc2ccccc2)c(=O)ccn1N)C(=O)OC(C)(C)C. The maximum atomic E-state index is 12.7. The summed E-state index contributed by atoms with van der Waals surface area (Å²) in [5.74, 6) is 5.14. The van der Waals surface area contributed by atoms with Crippen molar-refractivity contribution in [2.24, 2.45) is 0 Å². The number of rotatable bonds is 7. The number of benzene rings is 1. The number of nitrogens with zero attached hydrogens (tertiary/aromatic N) is 2. The van der Waals surface area contributed by atoms with E-state index in [0.29, 0.717) is 0 Å². The molecule has 2 rings (SSSR count). The van der Waals surface area contributed by atoms with Crippen LogP contribution in [0, 0.1) is 0 Å². The summed E-state index contributed by atoms with van der Waals surface area (Å²) in [4.78, 5) is 38.3. The van der Waals surface area contributed by atoms with Gasteiger partial charge in [-0.2, -0.15) is 0 Å². The number of pyridine rings is 1. The quantitative estimate of drug-likeness (QED) is 0.664. The van der Waals surface area contributed by atoms with Crippen molar-refractivity contribution in [1.82, 2.24) is 14.9 Å². The fraction of sp³-hybridized carbons (Fsp3) is 0.381. The van der Waals surface area contributed by atoms with E-state index in [4.69, 9.17) is 15.3 Å². The first-order chi connectivity index (χ1) is 14.1. The maximum absolute atomic E-state index is 12.7. The fourth-order valence-electron chi connectivity index (χ4n) is 2.47. The Balaban J connectivity index is 2.03. The molecule has 0 saturated heterocycles. The zero-order valence-electron chi connectivity index (χ0n) is 17.7. The van der Waals surface area contributed by atoms with Crippen LogP contribution in [0.15, 0.2) is 47.4 Å². The number of carbonyl (C=O) groups is 2. The molecule has 0 bridgehead atoms. The Morgan fingerprint density at radius 1 is 1.17 bits per heavy atom. The molecule has 0 saturated carbocycles. The summed E-state index contributed by atoms with van der Waals surface area (Å²) in [6.07, 6.45) is 0.790. The highest BCUT2D eigenvalue weighted by molar-refractivity contribution is 5.95. The molecule has 0 aliphatic heterocycles. The van der Waals surface area contributed by atoms with Crippen molar-refractivity contribution in [2.45, 2.75) is 33.0 Å². The molecule has 30 heavy (non-hydrogen) atoms. The summed E-state index contributed by atoms with van der Waals surface area (Å²) in [6, 6.07) is 10.5. The van der Waals surface area contributed by atoms with Crippen LogP contribution in [0.1, 0.15) is 36.8 Å². The molecule has 1 aromatic heterocycles. The molecule has 0 radical (unpaired) electrons. The normalized spacial score (nSPS) is 10.9. The molecule has 0 aliphatic carbocycles. The van der Waals surface area contributed by atoms with E-state index in [-0.39, 0.29) is 31.1 Å². The lowest BCUT2D eigenvalue weighted by atomic mass is 10.2. The molecular formula is C21H28N4O5. The minimum absolute atomic E-state index is 0.0987. The molecule has 0 fully saturated rings. The molecule has 2 aromatic rings. The van der Waals surface area contributed by atoms with E-state index in [2.05, 4.69) is 5.32 Å². The first-order valence-corrected chi connectivity index (χ1v) is 9.48. The van der Waals surface area contributed by atoms with Gasteiger partial charge in [-0.3, -0.25) is 14.3 Å². The second-order valence-corrected chi connectivity index (χ2v) is 7.70. The van der Waals surface area contributed by atoms with Gasteiger partial charge in [-0.25, -0.2) is 4.79 Å². The average Bonchev–Trinajstić information content (AvgIpc) is 2.67. The third-order valence-electron chi connectivity index (χ3n) is 3.96. The number of aromatic nitrogens is 1. The predicted molar refractivity (Wildman–Crippen MR) is 113 cm³/mol. The molecule has 0 spiro atoms. The molecule has 0 atom stereocenters. The van der Waals surface area contributed by atoms with E-state index >= 15 is 0 Å². The van der Waals surface area contributed by atoms with Crippen LogP contribution < -0.4 is 21.3 Å². The van der Waals surface area contributed by atoms with E-state index in [1.165, 1.54) is 17.2 Å². The van der Waals surface area contributed by atoms with Crippen LogP contribution in [0.4, 0.5) is 4.79 Å². The molecule has 3 N–H and O–H groups in total. The first kappa shape index (κ1) is 22.8. The molecular weight excluding hydrogens is 388 g/mol. The monoisotopic (exact) mass is 416 g/mol. The molecule has 2 amide bonds. The van der Waals surface area contributed by atoms with Crippen molar-refractivity contribution in [1.29, 1.82) is 0 Å². The number of carbonyl (C=O) groups excluding carboxylic acids is 2. The highest BCUT2D eigenvalue weighted by Crippen LogP contribution is 2.14. The second-order valence-electron chi connectivity index (χ2n) is 7.70. The Kier molecular flexibility index (Phi) is 7.46. The van der Waals surface area contributed by atoms with Gasteiger partial charge < -0.3 is 25.5 Å². The van der Waals surface area contributed by atoms with E-state index in [1.54, 1.807) is 27.8 Å². The van der Waals surface area contributed by atoms with Crippen molar-refractivity contribution in [3.8, 4) is 5.75 Å². The van der Waals surface area contributed by atoms with Crippen molar-refractivity contribution in [3.05, 3.63) is 64.1 Å². The molecule has 9 heteroatoms. The van der Waals surface area contributed by atoms with Crippen LogP contribution in [0.3, 0.4) is 0 Å². The van der Waals surface area contributed by atoms with Gasteiger partial charge in [-0.1, -0.05) is 30.3 Å². The number of hydrogen-bond acceptors (Lipinski definition) is 6. The van der Waals surface area contributed by atoms with Crippen molar-refractivity contribution in [3.63, 3.8) is 0 Å². The van der Waals surface area contributed by atoms with Crippen molar-refractivity contribution >= 4 is 12.0 Å². The topological polar surface area (TPSA) is 116 Å². The van der Waals surface area contributed by atoms with Gasteiger partial charge >= 0.3 is 6.09 Å². The largest absolute Gasteiger partial charge is 0.482 e. The van der Waals surface area contributed by atoms with Gasteiger partial charge in [0.25, 0.3) is 5.91 Å². The number of nitrogens with two attached hydrogens (primary N) is 1. The van der Waals surface area contributed by atoms with E-state index in [0.717, 1.165) is 10.2 Å². The Morgan fingerprint density at radius 2 is 1.83 bits per heavy atom. The van der Waals surface area contributed by atoms with E-state index in [9.17, 15) is 14.4 Å². The van der Waals surface area contributed by atoms with Crippen molar-refractivity contribution in [2.75, 3.05) is 26.0 Å². The molecule has 0 unspecified atom stereocenters. The standard InChI is InChI=1S/C21H28N4O5/c1-21(2,3)30-20(28)24(4)13-11-23-19(27)17-18(16(26)10-12-25(17)22)29-14-15-8-6-5-7-9-15/h5-10,12H,11,13-14,22H2,1-4H3,(H,23,27). The summed E-state index contributed by atoms with van der Waals surface area (Å²) in [5.41, 5.74) is -0.323. The van der Waals surface area contributed by atoms with Gasteiger partial charge in [0.2, 0.25) is 5.43 Å². The molecule has 1 aromatic carbocycles. The number of nitrogen functional groups attached to an aromatic ring is 1. The number of amides is 2. The minimum atomic E-state index is -0.612. The molecule has 1 heterocycles. The zero-order chi connectivity index (χ0) is 22.3. The van der Waals surface area contributed by atoms with Gasteiger partial charge in [0, 0.05) is 32.4 Å². The smallest absolute Gasteiger partial charge is 0.410 e. The van der Waals surface area contributed by atoms with E-state index in [1.807, 2.05) is 30.3 Å². The summed E-state index contributed by atoms with van der Waals surface area (Å²) in [6.45, 7) is 5.77. The Bertz CT molecular complexity index is 935. The maximum Gasteiger partial charge on any atom is 0.410 e. The van der Waals surface area contributed by atoms with Crippen LogP contribution in [0.5, 0.6) is 5.75 Å². The number of hydrogen-bond donors (Lipinski definition) is 2. The van der Waals surface area contributed by atoms with Crippen molar-refractivity contribution < 1.29 is 19.1 Å². The summed E-state index contributed by atoms with van der Waals surface area (Å²) in [5, 5.41) is 2.65. The predicted octanol–water partition coefficient (Wildman–Crippen LogP) is 1.74. The Hall–Kier alpha value is -3.49. The van der Waals surface area contributed by atoms with E-state index < -0.39 is 23.0 Å². The summed E-state index contributed by atoms with van der Waals surface area (Å²) in [7, 11) is 1.57. The first-order valence-electron chi connectivity index (χ1n) is 9.48. The molecule has 162 valence electrons. The van der Waals surface area contributed by atoms with Crippen LogP contribution >= 0.6 is 0 Å². The highest BCUT2D eigenvalue weighted by atomic mass is 16.6. The van der Waals surface area contributed by atoms with Gasteiger partial charge in [0.15, 0.2) is 11.4 Å². The lowest BCUT2D eigenvalue weighted by Gasteiger charge is -2.24. The third kappa shape index (κ3) is 6.54. The average molecular weight is 416 g/mol. The Labute approximate surface area is 175 Å². The highest BCUT2D eigenvalue weighted by Gasteiger charge is 2.21. The van der Waals surface area contributed by atoms with Gasteiger partial charge in [-0.05, 0) is 26.3 Å². The second kappa shape index (κ2) is 9.82. The minimum Gasteiger partial charge on any atom is -0.482 e. The van der Waals surface area contributed by atoms with Crippen LogP contribution in [0.2, 0.25) is 0 Å². The number of nitrogens with one attached hydrogen (secondary N) is 1. The lowest BCUT2D eigenvalue weighted by Crippen LogP contribution is -2.40. The van der Waals surface area contributed by atoms with Crippen LogP contribution in [-0.4, -0.2) is 47.3 Å². The molecule has 9 nitrogen and oxygen atoms in total. The van der Waals surface area contributed by atoms with Crippen LogP contribution in [0.25, 0.3) is 0 Å². The molecule has 0 aliphatic rings. The fourth-order valence-corrected chi connectivity index (χ4v) is 2.47. The summed E-state index contributed by atoms with van der Waals surface area (Å²) >= 11 is 0. The van der Waals surface area contributed by atoms with Gasteiger partial charge in [-0.15, -0.1) is 0 Å². The third-order valence-corrected chi connectivity index (χ3v) is 3.96. The van der Waals surface area contributed by atoms with Gasteiger partial charge in [0.1, 0.15) is 12.2 Å². The number of likely N-dealkylation sites (N-methyl/N-ethyl adjacent to an activating group) is 1. The Morgan fingerprint density at radius 3 is 2.47 bits per heavy atom.